The first-order valence-electron chi connectivity index (χ1n) is 10.6. The molecular weight excluding hydrogens is 389 g/mol. The first-order valence-corrected chi connectivity index (χ1v) is 10.6. The predicted octanol–water partition coefficient (Wildman–Crippen LogP) is 6.19. The maximum Gasteiger partial charge on any atom is 0.240 e. The van der Waals surface area contributed by atoms with Gasteiger partial charge in [-0.15, -0.1) is 0 Å². The molecule has 2 aliphatic rings. The van der Waals surface area contributed by atoms with Crippen molar-refractivity contribution in [2.24, 2.45) is 0 Å². The number of allylic oxidation sites excluding steroid dienone is 1. The molecule has 3 nitrogen and oxygen atoms in total. The predicted molar refractivity (Wildman–Crippen MR) is 123 cm³/mol. The molecule has 2 heterocycles. The van der Waals surface area contributed by atoms with E-state index >= 15 is 0 Å². The molecule has 0 bridgehead atoms. The fraction of sp³-hybridized carbons (Fsp3) is 0.259. The van der Waals surface area contributed by atoms with Gasteiger partial charge in [0.15, 0.2) is 0 Å². The third-order valence-electron chi connectivity index (χ3n) is 6.23. The largest absolute Gasteiger partial charge is 0.457 e. The Morgan fingerprint density at radius 2 is 1.77 bits per heavy atom. The zero-order valence-corrected chi connectivity index (χ0v) is 18.2. The van der Waals surface area contributed by atoms with E-state index in [4.69, 9.17) is 4.74 Å². The van der Waals surface area contributed by atoms with Crippen LogP contribution in [-0.2, 0) is 12.2 Å². The van der Waals surface area contributed by atoms with Crippen LogP contribution in [0.1, 0.15) is 43.0 Å². The van der Waals surface area contributed by atoms with E-state index in [1.807, 2.05) is 43.3 Å². The number of rotatable bonds is 2. The molecule has 2 N–H and O–H groups in total. The molecule has 2 aliphatic heterocycles. The SMILES string of the molecule is CC1=CC(C)(C)Nc2ccc3c(c21)C(O)(Cc1ccccc1C)Oc1ccc(F)cc1-3. The number of nitrogens with one attached hydrogen (secondary N) is 1. The second kappa shape index (κ2) is 6.69. The molecule has 0 aliphatic carbocycles. The molecule has 4 heteroatoms. The molecule has 1 atom stereocenters. The van der Waals surface area contributed by atoms with Crippen LogP contribution in [-0.4, -0.2) is 10.6 Å². The molecule has 0 saturated heterocycles. The van der Waals surface area contributed by atoms with Crippen molar-refractivity contribution in [3.63, 3.8) is 0 Å². The summed E-state index contributed by atoms with van der Waals surface area (Å²) in [6.07, 6.45) is 2.45. The number of ether oxygens (including phenoxy) is 1. The standard InChI is InChI=1S/C27H26FNO2/c1-16-7-5-6-8-18(16)15-27(30)25-20(21-13-19(28)9-12-23(21)31-27)10-11-22-24(25)17(2)14-26(3,4)29-22/h5-14,29-30H,15H2,1-4H3. The number of aliphatic hydroxyl groups is 1. The lowest BCUT2D eigenvalue weighted by molar-refractivity contribution is -0.146. The van der Waals surface area contributed by atoms with Gasteiger partial charge >= 0.3 is 0 Å². The second-order valence-electron chi connectivity index (χ2n) is 9.21. The zero-order valence-electron chi connectivity index (χ0n) is 18.2. The van der Waals surface area contributed by atoms with Crippen LogP contribution in [0.4, 0.5) is 10.1 Å². The van der Waals surface area contributed by atoms with E-state index in [0.29, 0.717) is 16.9 Å². The fourth-order valence-corrected chi connectivity index (χ4v) is 4.97. The highest BCUT2D eigenvalue weighted by molar-refractivity contribution is 5.90. The van der Waals surface area contributed by atoms with Crippen LogP contribution in [0, 0.1) is 12.7 Å². The first kappa shape index (κ1) is 19.8. The summed E-state index contributed by atoms with van der Waals surface area (Å²) in [6.45, 7) is 8.30. The highest BCUT2D eigenvalue weighted by atomic mass is 19.1. The van der Waals surface area contributed by atoms with Crippen molar-refractivity contribution in [1.82, 2.24) is 0 Å². The molecule has 0 amide bonds. The summed E-state index contributed by atoms with van der Waals surface area (Å²) < 4.78 is 20.4. The van der Waals surface area contributed by atoms with E-state index in [9.17, 15) is 9.50 Å². The van der Waals surface area contributed by atoms with Crippen molar-refractivity contribution in [2.45, 2.75) is 45.4 Å². The molecule has 5 rings (SSSR count). The summed E-state index contributed by atoms with van der Waals surface area (Å²) in [5, 5.41) is 15.6. The van der Waals surface area contributed by atoms with Gasteiger partial charge in [-0.2, -0.15) is 0 Å². The minimum atomic E-state index is -1.59. The summed E-state index contributed by atoms with van der Waals surface area (Å²) in [4.78, 5) is 0. The van der Waals surface area contributed by atoms with E-state index in [1.54, 1.807) is 6.07 Å². The van der Waals surface area contributed by atoms with Crippen LogP contribution in [0.15, 0.2) is 60.7 Å². The van der Waals surface area contributed by atoms with Gasteiger partial charge < -0.3 is 15.2 Å². The van der Waals surface area contributed by atoms with Gasteiger partial charge in [-0.05, 0) is 74.2 Å². The Bertz CT molecular complexity index is 1240. The number of anilines is 1. The average molecular weight is 416 g/mol. The molecule has 0 aromatic heterocycles. The number of aryl methyl sites for hydroxylation is 1. The van der Waals surface area contributed by atoms with Gasteiger partial charge in [-0.1, -0.05) is 36.4 Å². The third-order valence-corrected chi connectivity index (χ3v) is 6.23. The molecule has 1 unspecified atom stereocenters. The maximum atomic E-state index is 14.2. The molecule has 0 fully saturated rings. The summed E-state index contributed by atoms with van der Waals surface area (Å²) in [5.41, 5.74) is 6.93. The van der Waals surface area contributed by atoms with E-state index in [-0.39, 0.29) is 17.8 Å². The number of fused-ring (bicyclic) bond motifs is 5. The Labute approximate surface area is 182 Å². The average Bonchev–Trinajstić information content (AvgIpc) is 2.69. The topological polar surface area (TPSA) is 41.5 Å². The van der Waals surface area contributed by atoms with Crippen molar-refractivity contribution < 1.29 is 14.2 Å². The fourth-order valence-electron chi connectivity index (χ4n) is 4.97. The molecule has 0 spiro atoms. The minimum Gasteiger partial charge on any atom is -0.457 e. The lowest BCUT2D eigenvalue weighted by atomic mass is 9.79. The van der Waals surface area contributed by atoms with E-state index < -0.39 is 5.79 Å². The van der Waals surface area contributed by atoms with Crippen LogP contribution < -0.4 is 10.1 Å². The highest BCUT2D eigenvalue weighted by Gasteiger charge is 2.43. The third kappa shape index (κ3) is 3.22. The summed E-state index contributed by atoms with van der Waals surface area (Å²) in [5.74, 6) is -1.44. The van der Waals surface area contributed by atoms with Gasteiger partial charge in [0.25, 0.3) is 0 Å². The van der Waals surface area contributed by atoms with Crippen LogP contribution in [0.2, 0.25) is 0 Å². The van der Waals surface area contributed by atoms with Gasteiger partial charge in [-0.3, -0.25) is 0 Å². The van der Waals surface area contributed by atoms with E-state index in [1.165, 1.54) is 12.1 Å². The Morgan fingerprint density at radius 1 is 1.00 bits per heavy atom. The van der Waals surface area contributed by atoms with Crippen molar-refractivity contribution in [2.75, 3.05) is 5.32 Å². The molecule has 31 heavy (non-hydrogen) atoms. The number of hydrogen-bond acceptors (Lipinski definition) is 3. The molecule has 0 saturated carbocycles. The number of benzene rings is 3. The lowest BCUT2D eigenvalue weighted by Gasteiger charge is -2.41. The Kier molecular flexibility index (Phi) is 4.28. The number of halogens is 1. The summed E-state index contributed by atoms with van der Waals surface area (Å²) >= 11 is 0. The molecule has 3 aromatic rings. The highest BCUT2D eigenvalue weighted by Crippen LogP contribution is 2.51. The molecule has 0 radical (unpaired) electrons. The Balaban J connectivity index is 1.79. The van der Waals surface area contributed by atoms with Crippen molar-refractivity contribution in [1.29, 1.82) is 0 Å². The smallest absolute Gasteiger partial charge is 0.240 e. The zero-order chi connectivity index (χ0) is 22.0. The Hall–Kier alpha value is -3.11. The number of hydrogen-bond donors (Lipinski definition) is 2. The monoisotopic (exact) mass is 415 g/mol. The van der Waals surface area contributed by atoms with Crippen LogP contribution in [0.3, 0.4) is 0 Å². The molecule has 158 valence electrons. The van der Waals surface area contributed by atoms with Crippen LogP contribution in [0.25, 0.3) is 16.7 Å². The van der Waals surface area contributed by atoms with E-state index in [0.717, 1.165) is 33.5 Å². The van der Waals surface area contributed by atoms with Gasteiger partial charge in [0.1, 0.15) is 11.6 Å². The van der Waals surface area contributed by atoms with E-state index in [2.05, 4.69) is 32.2 Å². The minimum absolute atomic E-state index is 0.209. The second-order valence-corrected chi connectivity index (χ2v) is 9.21. The van der Waals surface area contributed by atoms with Gasteiger partial charge in [0.05, 0.1) is 5.54 Å². The molecule has 3 aromatic carbocycles. The van der Waals surface area contributed by atoms with Crippen molar-refractivity contribution >= 4 is 11.3 Å². The van der Waals surface area contributed by atoms with Gasteiger partial charge in [0, 0.05) is 28.8 Å². The molecular formula is C27H26FNO2. The van der Waals surface area contributed by atoms with Crippen LogP contribution >= 0.6 is 0 Å². The van der Waals surface area contributed by atoms with Crippen molar-refractivity contribution in [3.8, 4) is 16.9 Å². The normalized spacial score (nSPS) is 20.5. The maximum absolute atomic E-state index is 14.2. The van der Waals surface area contributed by atoms with Crippen molar-refractivity contribution in [3.05, 3.63) is 88.7 Å². The van der Waals surface area contributed by atoms with Gasteiger partial charge in [0.2, 0.25) is 5.79 Å². The summed E-state index contributed by atoms with van der Waals surface area (Å²) in [7, 11) is 0. The summed E-state index contributed by atoms with van der Waals surface area (Å²) in [6, 6.07) is 16.4. The van der Waals surface area contributed by atoms with Gasteiger partial charge in [-0.25, -0.2) is 4.39 Å². The quantitative estimate of drug-likeness (QED) is 0.524. The lowest BCUT2D eigenvalue weighted by Crippen LogP contribution is -2.41. The Morgan fingerprint density at radius 3 is 2.55 bits per heavy atom. The first-order chi connectivity index (χ1) is 14.7. The van der Waals surface area contributed by atoms with Crippen LogP contribution in [0.5, 0.6) is 5.75 Å².